The number of halogens is 2. The van der Waals surface area contributed by atoms with Crippen molar-refractivity contribution < 1.29 is 4.74 Å². The fourth-order valence-corrected chi connectivity index (χ4v) is 3.40. The van der Waals surface area contributed by atoms with Crippen LogP contribution in [0.3, 0.4) is 0 Å². The third-order valence-electron chi connectivity index (χ3n) is 3.89. The quantitative estimate of drug-likeness (QED) is 0.646. The molecule has 0 amide bonds. The zero-order chi connectivity index (χ0) is 15.2. The molecule has 1 atom stereocenters. The van der Waals surface area contributed by atoms with Gasteiger partial charge < -0.3 is 4.74 Å². The van der Waals surface area contributed by atoms with E-state index in [4.69, 9.17) is 27.9 Å². The van der Waals surface area contributed by atoms with Crippen LogP contribution in [0.5, 0.6) is 5.75 Å². The molecule has 0 fully saturated rings. The Balaban J connectivity index is 1.97. The van der Waals surface area contributed by atoms with Crippen LogP contribution in [-0.2, 0) is 6.42 Å². The predicted octanol–water partition coefficient (Wildman–Crippen LogP) is 5.69. The van der Waals surface area contributed by atoms with Crippen molar-refractivity contribution in [3.8, 4) is 5.75 Å². The van der Waals surface area contributed by atoms with Crippen molar-refractivity contribution in [2.24, 2.45) is 0 Å². The van der Waals surface area contributed by atoms with E-state index < -0.39 is 0 Å². The summed E-state index contributed by atoms with van der Waals surface area (Å²) >= 11 is 12.8. The Kier molecular flexibility index (Phi) is 3.67. The van der Waals surface area contributed by atoms with Crippen LogP contribution in [0.1, 0.15) is 41.5 Å². The lowest BCUT2D eigenvalue weighted by Crippen LogP contribution is -2.24. The Labute approximate surface area is 135 Å². The van der Waals surface area contributed by atoms with Crippen LogP contribution in [0.25, 0.3) is 0 Å². The van der Waals surface area contributed by atoms with E-state index >= 15 is 0 Å². The number of hydrogen-bond donors (Lipinski definition) is 0. The summed E-state index contributed by atoms with van der Waals surface area (Å²) < 4.78 is 5.91. The first-order valence-corrected chi connectivity index (χ1v) is 7.89. The second-order valence-electron chi connectivity index (χ2n) is 6.27. The van der Waals surface area contributed by atoms with Crippen molar-refractivity contribution in [2.75, 3.05) is 0 Å². The van der Waals surface area contributed by atoms with Gasteiger partial charge in [0.1, 0.15) is 11.4 Å². The highest BCUT2D eigenvalue weighted by atomic mass is 35.5. The van der Waals surface area contributed by atoms with Gasteiger partial charge in [0, 0.05) is 11.4 Å². The molecule has 1 nitrogen and oxygen atoms in total. The maximum Gasteiger partial charge on any atom is 0.123 e. The van der Waals surface area contributed by atoms with E-state index in [1.54, 1.807) is 0 Å². The molecule has 3 heteroatoms. The number of hydrogen-bond acceptors (Lipinski definition) is 1. The number of aryl methyl sites for hydroxylation is 1. The maximum atomic E-state index is 6.68. The summed E-state index contributed by atoms with van der Waals surface area (Å²) in [6.45, 7) is 6.26. The van der Waals surface area contributed by atoms with Crippen molar-refractivity contribution >= 4 is 23.2 Å². The third-order valence-corrected chi connectivity index (χ3v) is 4.62. The summed E-state index contributed by atoms with van der Waals surface area (Å²) in [6.07, 6.45) is 0.911. The molecule has 3 rings (SSSR count). The molecule has 0 aromatic heterocycles. The number of fused-ring (bicyclic) bond motifs is 1. The van der Waals surface area contributed by atoms with Gasteiger partial charge in [-0.05, 0) is 61.2 Å². The largest absolute Gasteiger partial charge is 0.487 e. The zero-order valence-electron chi connectivity index (χ0n) is 12.4. The number of benzene rings is 2. The van der Waals surface area contributed by atoms with E-state index in [0.717, 1.165) is 28.9 Å². The van der Waals surface area contributed by atoms with Gasteiger partial charge in [-0.3, -0.25) is 0 Å². The molecule has 0 saturated carbocycles. The van der Waals surface area contributed by atoms with Crippen LogP contribution < -0.4 is 4.74 Å². The minimum absolute atomic E-state index is 0.130. The van der Waals surface area contributed by atoms with Gasteiger partial charge in [0.2, 0.25) is 0 Å². The highest BCUT2D eigenvalue weighted by Crippen LogP contribution is 2.39. The number of ether oxygens (including phenoxy) is 1. The van der Waals surface area contributed by atoms with Crippen LogP contribution in [0.2, 0.25) is 5.02 Å². The first-order valence-electron chi connectivity index (χ1n) is 7.08. The summed E-state index contributed by atoms with van der Waals surface area (Å²) in [7, 11) is 0. The molecule has 2 aromatic carbocycles. The average Bonchev–Trinajstić information content (AvgIpc) is 2.73. The topological polar surface area (TPSA) is 9.23 Å². The van der Waals surface area contributed by atoms with E-state index in [9.17, 15) is 0 Å². The molecule has 0 radical (unpaired) electrons. The molecule has 0 aliphatic carbocycles. The second-order valence-corrected chi connectivity index (χ2v) is 7.14. The van der Waals surface area contributed by atoms with Gasteiger partial charge >= 0.3 is 0 Å². The lowest BCUT2D eigenvalue weighted by Gasteiger charge is -2.16. The Morgan fingerprint density at radius 1 is 1.14 bits per heavy atom. The Hall–Kier alpha value is -1.18. The predicted molar refractivity (Wildman–Crippen MR) is 88.7 cm³/mol. The first kappa shape index (κ1) is 14.7. The van der Waals surface area contributed by atoms with Crippen LogP contribution in [0.4, 0.5) is 0 Å². The fourth-order valence-electron chi connectivity index (χ4n) is 2.85. The average molecular weight is 321 g/mol. The van der Waals surface area contributed by atoms with Gasteiger partial charge in [-0.25, -0.2) is 0 Å². The Morgan fingerprint density at radius 3 is 2.67 bits per heavy atom. The number of rotatable bonds is 2. The monoisotopic (exact) mass is 320 g/mol. The standard InChI is InChI=1S/C18H18Cl2O/c1-11-4-6-14(19)9-15(11)17(20)12-5-7-16-13(8-12)10-18(2,3)21-16/h4-9,17H,10H2,1-3H3. The molecular formula is C18H18Cl2O. The lowest BCUT2D eigenvalue weighted by atomic mass is 9.96. The highest BCUT2D eigenvalue weighted by Gasteiger charge is 2.30. The maximum absolute atomic E-state index is 6.68. The summed E-state index contributed by atoms with van der Waals surface area (Å²) in [4.78, 5) is 0. The van der Waals surface area contributed by atoms with Gasteiger partial charge in [0.15, 0.2) is 0 Å². The van der Waals surface area contributed by atoms with Crippen LogP contribution in [0.15, 0.2) is 36.4 Å². The molecule has 0 spiro atoms. The van der Waals surface area contributed by atoms with Crippen molar-refractivity contribution in [1.29, 1.82) is 0 Å². The van der Waals surface area contributed by atoms with E-state index in [-0.39, 0.29) is 11.0 Å². The van der Waals surface area contributed by atoms with Gasteiger partial charge in [-0.15, -0.1) is 11.6 Å². The summed E-state index contributed by atoms with van der Waals surface area (Å²) in [5.41, 5.74) is 4.39. The van der Waals surface area contributed by atoms with Gasteiger partial charge in [0.25, 0.3) is 0 Å². The normalized spacial score (nSPS) is 17.2. The van der Waals surface area contributed by atoms with E-state index in [0.29, 0.717) is 5.02 Å². The van der Waals surface area contributed by atoms with Gasteiger partial charge in [0.05, 0.1) is 5.38 Å². The van der Waals surface area contributed by atoms with Crippen molar-refractivity contribution in [1.82, 2.24) is 0 Å². The molecule has 21 heavy (non-hydrogen) atoms. The molecular weight excluding hydrogens is 303 g/mol. The van der Waals surface area contributed by atoms with Crippen LogP contribution in [0, 0.1) is 6.92 Å². The summed E-state index contributed by atoms with van der Waals surface area (Å²) in [5, 5.41) is 0.518. The molecule has 1 aliphatic heterocycles. The van der Waals surface area contributed by atoms with Crippen molar-refractivity contribution in [2.45, 2.75) is 38.2 Å². The minimum Gasteiger partial charge on any atom is -0.487 e. The van der Waals surface area contributed by atoms with Gasteiger partial charge in [-0.2, -0.15) is 0 Å². The van der Waals surface area contributed by atoms with Crippen molar-refractivity contribution in [3.63, 3.8) is 0 Å². The second kappa shape index (κ2) is 5.23. The van der Waals surface area contributed by atoms with E-state index in [1.165, 1.54) is 5.56 Å². The first-order chi connectivity index (χ1) is 9.85. The minimum atomic E-state index is -0.197. The molecule has 1 unspecified atom stereocenters. The van der Waals surface area contributed by atoms with E-state index in [1.807, 2.05) is 30.3 Å². The molecule has 110 valence electrons. The highest BCUT2D eigenvalue weighted by molar-refractivity contribution is 6.31. The van der Waals surface area contributed by atoms with Crippen LogP contribution >= 0.6 is 23.2 Å². The lowest BCUT2D eigenvalue weighted by molar-refractivity contribution is 0.138. The molecule has 1 aliphatic rings. The Bertz CT molecular complexity index is 692. The SMILES string of the molecule is Cc1ccc(Cl)cc1C(Cl)c1ccc2c(c1)CC(C)(C)O2. The molecule has 0 saturated heterocycles. The van der Waals surface area contributed by atoms with E-state index in [2.05, 4.69) is 26.8 Å². The molecule has 2 aromatic rings. The van der Waals surface area contributed by atoms with Crippen LogP contribution in [-0.4, -0.2) is 5.60 Å². The zero-order valence-corrected chi connectivity index (χ0v) is 13.9. The third kappa shape index (κ3) is 2.90. The molecule has 1 heterocycles. The van der Waals surface area contributed by atoms with Crippen molar-refractivity contribution in [3.05, 3.63) is 63.7 Å². The molecule has 0 bridgehead atoms. The summed E-state index contributed by atoms with van der Waals surface area (Å²) in [6, 6.07) is 12.1. The van der Waals surface area contributed by atoms with Gasteiger partial charge in [-0.1, -0.05) is 29.8 Å². The fraction of sp³-hybridized carbons (Fsp3) is 0.333. The number of alkyl halides is 1. The summed E-state index contributed by atoms with van der Waals surface area (Å²) in [5.74, 6) is 0.968. The Morgan fingerprint density at radius 2 is 1.90 bits per heavy atom. The molecule has 0 N–H and O–H groups in total. The smallest absolute Gasteiger partial charge is 0.123 e.